The van der Waals surface area contributed by atoms with E-state index in [4.69, 9.17) is 11.6 Å². The number of aryl methyl sites for hydroxylation is 4. The number of benzene rings is 1. The van der Waals surface area contributed by atoms with Crippen LogP contribution >= 0.6 is 11.6 Å². The van der Waals surface area contributed by atoms with E-state index in [1.165, 1.54) is 4.57 Å². The van der Waals surface area contributed by atoms with Crippen molar-refractivity contribution in [1.29, 1.82) is 0 Å². The van der Waals surface area contributed by atoms with Gasteiger partial charge in [0.1, 0.15) is 5.82 Å². The molecule has 0 atom stereocenters. The summed E-state index contributed by atoms with van der Waals surface area (Å²) in [7, 11) is 1.82. The Hall–Kier alpha value is -3.06. The molecule has 1 aromatic carbocycles. The predicted molar refractivity (Wildman–Crippen MR) is 114 cm³/mol. The molecule has 0 unspecified atom stereocenters. The monoisotopic (exact) mass is 411 g/mol. The van der Waals surface area contributed by atoms with Crippen molar-refractivity contribution in [3.63, 3.8) is 0 Å². The van der Waals surface area contributed by atoms with Gasteiger partial charge in [0.2, 0.25) is 0 Å². The zero-order chi connectivity index (χ0) is 20.5. The van der Waals surface area contributed by atoms with Gasteiger partial charge < -0.3 is 9.13 Å². The number of halogens is 1. The lowest BCUT2D eigenvalue weighted by molar-refractivity contribution is 0.539. The lowest BCUT2D eigenvalue weighted by Gasteiger charge is -2.12. The van der Waals surface area contributed by atoms with E-state index < -0.39 is 0 Å². The van der Waals surface area contributed by atoms with Crippen LogP contribution in [0.4, 0.5) is 0 Å². The first-order valence-electron chi connectivity index (χ1n) is 9.53. The Kier molecular flexibility index (Phi) is 5.15. The molecular formula is C21H22ClN5O2. The third-order valence-corrected chi connectivity index (χ3v) is 5.40. The molecule has 0 aliphatic heterocycles. The Balaban J connectivity index is 1.88. The van der Waals surface area contributed by atoms with Crippen LogP contribution in [0, 0.1) is 0 Å². The molecule has 0 aliphatic rings. The summed E-state index contributed by atoms with van der Waals surface area (Å²) in [5, 5.41) is 0.611. The number of aromatic nitrogens is 5. The van der Waals surface area contributed by atoms with Crippen molar-refractivity contribution in [2.45, 2.75) is 33.0 Å². The van der Waals surface area contributed by atoms with E-state index >= 15 is 0 Å². The first-order chi connectivity index (χ1) is 14.0. The molecule has 3 aromatic heterocycles. The Bertz CT molecular complexity index is 1260. The van der Waals surface area contributed by atoms with Crippen LogP contribution in [0.5, 0.6) is 0 Å². The molecule has 0 saturated heterocycles. The maximum absolute atomic E-state index is 13.3. The summed E-state index contributed by atoms with van der Waals surface area (Å²) in [6.45, 7) is 3.20. The lowest BCUT2D eigenvalue weighted by atomic mass is 10.2. The molecule has 0 radical (unpaired) electrons. The second kappa shape index (κ2) is 7.75. The van der Waals surface area contributed by atoms with E-state index in [-0.39, 0.29) is 17.8 Å². The minimum absolute atomic E-state index is 0.181. The van der Waals surface area contributed by atoms with Gasteiger partial charge in [0, 0.05) is 44.0 Å². The molecule has 0 amide bonds. The van der Waals surface area contributed by atoms with Crippen molar-refractivity contribution in [1.82, 2.24) is 23.3 Å². The quantitative estimate of drug-likeness (QED) is 0.490. The third kappa shape index (κ3) is 3.53. The molecular weight excluding hydrogens is 390 g/mol. The van der Waals surface area contributed by atoms with Crippen LogP contribution < -0.4 is 11.2 Å². The second-order valence-electron chi connectivity index (χ2n) is 6.99. The summed E-state index contributed by atoms with van der Waals surface area (Å²) >= 11 is 5.96. The molecule has 0 N–H and O–H groups in total. The molecule has 0 bridgehead atoms. The van der Waals surface area contributed by atoms with Gasteiger partial charge in [-0.1, -0.05) is 30.7 Å². The van der Waals surface area contributed by atoms with Gasteiger partial charge in [-0.05, 0) is 29.8 Å². The SMILES string of the molecule is CCc1nc2c(c(=O)n(Cc3ccc(Cl)cc3)c(=O)n2CCn2cccc2)n1C. The fourth-order valence-electron chi connectivity index (χ4n) is 3.57. The smallest absolute Gasteiger partial charge is 0.333 e. The van der Waals surface area contributed by atoms with Crippen molar-refractivity contribution in [3.8, 4) is 0 Å². The summed E-state index contributed by atoms with van der Waals surface area (Å²) in [4.78, 5) is 31.1. The largest absolute Gasteiger partial charge is 0.352 e. The molecule has 29 heavy (non-hydrogen) atoms. The fraction of sp³-hybridized carbons (Fsp3) is 0.286. The minimum atomic E-state index is -0.356. The van der Waals surface area contributed by atoms with Crippen LogP contribution in [0.25, 0.3) is 11.2 Å². The molecule has 0 aliphatic carbocycles. The highest BCUT2D eigenvalue weighted by Crippen LogP contribution is 2.13. The van der Waals surface area contributed by atoms with Crippen LogP contribution in [-0.2, 0) is 33.1 Å². The van der Waals surface area contributed by atoms with E-state index in [0.29, 0.717) is 35.7 Å². The van der Waals surface area contributed by atoms with Crippen molar-refractivity contribution < 1.29 is 0 Å². The van der Waals surface area contributed by atoms with Gasteiger partial charge in [-0.3, -0.25) is 13.9 Å². The van der Waals surface area contributed by atoms with Crippen molar-refractivity contribution in [3.05, 3.63) is 86.0 Å². The molecule has 8 heteroatoms. The fourth-order valence-corrected chi connectivity index (χ4v) is 3.70. The maximum Gasteiger partial charge on any atom is 0.333 e. The van der Waals surface area contributed by atoms with Crippen molar-refractivity contribution in [2.75, 3.05) is 0 Å². The highest BCUT2D eigenvalue weighted by Gasteiger charge is 2.19. The number of rotatable bonds is 6. The third-order valence-electron chi connectivity index (χ3n) is 5.15. The Labute approximate surface area is 172 Å². The van der Waals surface area contributed by atoms with Crippen LogP contribution in [-0.4, -0.2) is 23.3 Å². The van der Waals surface area contributed by atoms with Crippen LogP contribution in [0.1, 0.15) is 18.3 Å². The molecule has 3 heterocycles. The second-order valence-corrected chi connectivity index (χ2v) is 7.42. The van der Waals surface area contributed by atoms with Gasteiger partial charge in [-0.25, -0.2) is 9.78 Å². The minimum Gasteiger partial charge on any atom is -0.352 e. The summed E-state index contributed by atoms with van der Waals surface area (Å²) in [5.74, 6) is 0.774. The van der Waals surface area contributed by atoms with Crippen molar-refractivity contribution in [2.24, 2.45) is 7.05 Å². The normalized spacial score (nSPS) is 11.4. The van der Waals surface area contributed by atoms with E-state index in [9.17, 15) is 9.59 Å². The summed E-state index contributed by atoms with van der Waals surface area (Å²) in [5.41, 5.74) is 1.04. The van der Waals surface area contributed by atoms with Crippen molar-refractivity contribution >= 4 is 22.8 Å². The first kappa shape index (κ1) is 19.3. The zero-order valence-corrected chi connectivity index (χ0v) is 17.1. The van der Waals surface area contributed by atoms with E-state index in [1.54, 1.807) is 21.3 Å². The van der Waals surface area contributed by atoms with Gasteiger partial charge in [-0.15, -0.1) is 0 Å². The number of hydrogen-bond donors (Lipinski definition) is 0. The molecule has 0 spiro atoms. The number of fused-ring (bicyclic) bond motifs is 1. The molecule has 4 aromatic rings. The highest BCUT2D eigenvalue weighted by atomic mass is 35.5. The Morgan fingerprint density at radius 3 is 2.34 bits per heavy atom. The summed E-state index contributed by atoms with van der Waals surface area (Å²) in [6.07, 6.45) is 4.57. The standard InChI is InChI=1S/C21H22ClN5O2/c1-3-17-23-19-18(24(17)2)20(28)27(14-15-6-8-16(22)9-7-15)21(29)26(19)13-12-25-10-4-5-11-25/h4-11H,3,12-14H2,1-2H3. The van der Waals surface area contributed by atoms with Crippen LogP contribution in [0.2, 0.25) is 5.02 Å². The Morgan fingerprint density at radius 2 is 1.69 bits per heavy atom. The van der Waals surface area contributed by atoms with E-state index in [2.05, 4.69) is 4.98 Å². The molecule has 4 rings (SSSR count). The topological polar surface area (TPSA) is 66.8 Å². The highest BCUT2D eigenvalue weighted by molar-refractivity contribution is 6.30. The lowest BCUT2D eigenvalue weighted by Crippen LogP contribution is -2.41. The average Bonchev–Trinajstić information content (AvgIpc) is 3.34. The van der Waals surface area contributed by atoms with Crippen LogP contribution in [0.3, 0.4) is 0 Å². The summed E-state index contributed by atoms with van der Waals surface area (Å²) in [6, 6.07) is 11.0. The molecule has 0 fully saturated rings. The Morgan fingerprint density at radius 1 is 1.00 bits per heavy atom. The number of nitrogens with zero attached hydrogens (tertiary/aromatic N) is 5. The van der Waals surface area contributed by atoms with Gasteiger partial charge in [0.05, 0.1) is 6.54 Å². The molecule has 0 saturated carbocycles. The first-order valence-corrected chi connectivity index (χ1v) is 9.91. The number of imidazole rings is 1. The van der Waals surface area contributed by atoms with Crippen LogP contribution in [0.15, 0.2) is 58.4 Å². The van der Waals surface area contributed by atoms with E-state index in [0.717, 1.165) is 11.4 Å². The zero-order valence-electron chi connectivity index (χ0n) is 16.4. The predicted octanol–water partition coefficient (Wildman–Crippen LogP) is 2.66. The van der Waals surface area contributed by atoms with Gasteiger partial charge in [0.25, 0.3) is 5.56 Å². The average molecular weight is 412 g/mol. The van der Waals surface area contributed by atoms with Gasteiger partial charge in [-0.2, -0.15) is 0 Å². The maximum atomic E-state index is 13.3. The number of hydrogen-bond acceptors (Lipinski definition) is 3. The van der Waals surface area contributed by atoms with Gasteiger partial charge in [0.15, 0.2) is 11.2 Å². The summed E-state index contributed by atoms with van der Waals surface area (Å²) < 4.78 is 6.67. The van der Waals surface area contributed by atoms with E-state index in [1.807, 2.05) is 55.2 Å². The molecule has 150 valence electrons. The molecule has 7 nitrogen and oxygen atoms in total. The van der Waals surface area contributed by atoms with Gasteiger partial charge >= 0.3 is 5.69 Å².